The molecule has 1 aromatic carbocycles. The van der Waals surface area contributed by atoms with Gasteiger partial charge in [0.1, 0.15) is 5.75 Å². The van der Waals surface area contributed by atoms with Crippen LogP contribution in [-0.2, 0) is 12.8 Å². The van der Waals surface area contributed by atoms with E-state index in [-0.39, 0.29) is 0 Å². The van der Waals surface area contributed by atoms with Gasteiger partial charge in [0.15, 0.2) is 0 Å². The first-order valence-corrected chi connectivity index (χ1v) is 8.09. The van der Waals surface area contributed by atoms with E-state index < -0.39 is 0 Å². The fourth-order valence-corrected chi connectivity index (χ4v) is 3.26. The smallest absolute Gasteiger partial charge is 0.122 e. The average Bonchev–Trinajstić information content (AvgIpc) is 2.93. The Morgan fingerprint density at radius 1 is 1.19 bits per heavy atom. The summed E-state index contributed by atoms with van der Waals surface area (Å²) in [7, 11) is 0. The minimum absolute atomic E-state index is 0.601. The second-order valence-electron chi connectivity index (χ2n) is 5.87. The normalized spacial score (nSPS) is 19.2. The van der Waals surface area contributed by atoms with Gasteiger partial charge in [0.2, 0.25) is 0 Å². The molecule has 2 heterocycles. The Bertz CT molecular complexity index is 512. The Hall–Kier alpha value is -1.17. The van der Waals surface area contributed by atoms with E-state index in [9.17, 15) is 0 Å². The zero-order valence-electron chi connectivity index (χ0n) is 12.4. The molecule has 2 aliphatic rings. The lowest BCUT2D eigenvalue weighted by atomic mass is 10.1. The van der Waals surface area contributed by atoms with Crippen LogP contribution in [0.2, 0.25) is 0 Å². The van der Waals surface area contributed by atoms with Crippen molar-refractivity contribution in [1.82, 2.24) is 9.80 Å². The third-order valence-electron chi connectivity index (χ3n) is 4.31. The summed E-state index contributed by atoms with van der Waals surface area (Å²) in [4.78, 5) is 5.47. The molecule has 21 heavy (non-hydrogen) atoms. The van der Waals surface area contributed by atoms with E-state index in [1.807, 2.05) is 0 Å². The molecule has 3 rings (SSSR count). The molecule has 0 saturated carbocycles. The number of hydrogen-bond acceptors (Lipinski definition) is 4. The maximum Gasteiger partial charge on any atom is 0.122 e. The summed E-state index contributed by atoms with van der Waals surface area (Å²) in [5, 5.41) is 0. The fraction of sp³-hybridized carbons (Fsp3) is 0.562. The zero-order valence-corrected chi connectivity index (χ0v) is 13.2. The summed E-state index contributed by atoms with van der Waals surface area (Å²) in [6, 6.07) is 6.64. The molecule has 0 atom stereocenters. The number of hydrogen-bond donors (Lipinski definition) is 1. The molecule has 0 bridgehead atoms. The molecule has 0 aliphatic carbocycles. The lowest BCUT2D eigenvalue weighted by Crippen LogP contribution is -2.48. The van der Waals surface area contributed by atoms with Crippen LogP contribution in [0.3, 0.4) is 0 Å². The number of rotatable bonds is 5. The maximum absolute atomic E-state index is 5.60. The molecule has 0 radical (unpaired) electrons. The Labute approximate surface area is 131 Å². The van der Waals surface area contributed by atoms with Gasteiger partial charge >= 0.3 is 0 Å². The van der Waals surface area contributed by atoms with E-state index in [0.717, 1.165) is 64.5 Å². The topological polar surface area (TPSA) is 41.7 Å². The van der Waals surface area contributed by atoms with Crippen molar-refractivity contribution in [3.8, 4) is 5.75 Å². The quantitative estimate of drug-likeness (QED) is 0.824. The van der Waals surface area contributed by atoms with Crippen LogP contribution in [-0.4, -0.2) is 60.7 Å². The molecule has 0 unspecified atom stereocenters. The van der Waals surface area contributed by atoms with Crippen LogP contribution in [0.5, 0.6) is 5.75 Å². The summed E-state index contributed by atoms with van der Waals surface area (Å²) >= 11 is 4.97. The first-order valence-electron chi connectivity index (χ1n) is 7.68. The summed E-state index contributed by atoms with van der Waals surface area (Å²) in [5.41, 5.74) is 8.39. The van der Waals surface area contributed by atoms with E-state index in [1.165, 1.54) is 11.1 Å². The molecule has 0 aromatic heterocycles. The summed E-state index contributed by atoms with van der Waals surface area (Å²) in [6.45, 7) is 7.07. The SMILES string of the molecule is NC(=S)CN1CCN(CCc2ccc3c(c2)CCO3)CC1. The summed E-state index contributed by atoms with van der Waals surface area (Å²) < 4.78 is 5.55. The molecule has 2 aliphatic heterocycles. The van der Waals surface area contributed by atoms with Crippen molar-refractivity contribution in [2.75, 3.05) is 45.9 Å². The third kappa shape index (κ3) is 3.93. The minimum Gasteiger partial charge on any atom is -0.493 e. The standard InChI is InChI=1S/C16H23N3OS/c17-16(21)12-19-8-6-18(7-9-19)5-3-13-1-2-15-14(11-13)4-10-20-15/h1-2,11H,3-10,12H2,(H2,17,21). The Morgan fingerprint density at radius 2 is 1.95 bits per heavy atom. The number of nitrogens with two attached hydrogens (primary N) is 1. The lowest BCUT2D eigenvalue weighted by molar-refractivity contribution is 0.147. The van der Waals surface area contributed by atoms with Crippen LogP contribution < -0.4 is 10.5 Å². The van der Waals surface area contributed by atoms with Crippen molar-refractivity contribution in [2.45, 2.75) is 12.8 Å². The van der Waals surface area contributed by atoms with Crippen LogP contribution in [0.25, 0.3) is 0 Å². The van der Waals surface area contributed by atoms with E-state index >= 15 is 0 Å². The van der Waals surface area contributed by atoms with Gasteiger partial charge < -0.3 is 15.4 Å². The Kier molecular flexibility index (Phi) is 4.73. The molecule has 0 spiro atoms. The first kappa shape index (κ1) is 14.8. The predicted molar refractivity (Wildman–Crippen MR) is 89.0 cm³/mol. The van der Waals surface area contributed by atoms with Gasteiger partial charge in [-0.15, -0.1) is 0 Å². The van der Waals surface area contributed by atoms with Gasteiger partial charge in [-0.3, -0.25) is 4.90 Å². The van der Waals surface area contributed by atoms with Crippen molar-refractivity contribution in [2.24, 2.45) is 5.73 Å². The molecule has 4 nitrogen and oxygen atoms in total. The summed E-state index contributed by atoms with van der Waals surface area (Å²) in [6.07, 6.45) is 2.17. The molecule has 5 heteroatoms. The van der Waals surface area contributed by atoms with E-state index in [2.05, 4.69) is 28.0 Å². The van der Waals surface area contributed by atoms with Crippen molar-refractivity contribution in [3.63, 3.8) is 0 Å². The number of benzene rings is 1. The maximum atomic E-state index is 5.60. The molecular formula is C16H23N3OS. The van der Waals surface area contributed by atoms with Gasteiger partial charge in [-0.1, -0.05) is 24.4 Å². The monoisotopic (exact) mass is 305 g/mol. The number of ether oxygens (including phenoxy) is 1. The first-order chi connectivity index (χ1) is 10.2. The average molecular weight is 305 g/mol. The number of fused-ring (bicyclic) bond motifs is 1. The predicted octanol–water partition coefficient (Wildman–Crippen LogP) is 1.07. The van der Waals surface area contributed by atoms with Gasteiger partial charge in [0.25, 0.3) is 0 Å². The van der Waals surface area contributed by atoms with E-state index in [4.69, 9.17) is 22.7 Å². The second-order valence-corrected chi connectivity index (χ2v) is 6.40. The van der Waals surface area contributed by atoms with E-state index in [0.29, 0.717) is 4.99 Å². The minimum atomic E-state index is 0.601. The summed E-state index contributed by atoms with van der Waals surface area (Å²) in [5.74, 6) is 1.07. The Morgan fingerprint density at radius 3 is 2.71 bits per heavy atom. The molecular weight excluding hydrogens is 282 g/mol. The highest BCUT2D eigenvalue weighted by Crippen LogP contribution is 2.26. The van der Waals surface area contributed by atoms with Gasteiger partial charge in [-0.05, 0) is 23.6 Å². The Balaban J connectivity index is 1.45. The largest absolute Gasteiger partial charge is 0.493 e. The fourth-order valence-electron chi connectivity index (χ4n) is 3.07. The lowest BCUT2D eigenvalue weighted by Gasteiger charge is -2.34. The van der Waals surface area contributed by atoms with Gasteiger partial charge in [0.05, 0.1) is 11.6 Å². The molecule has 114 valence electrons. The van der Waals surface area contributed by atoms with Crippen molar-refractivity contribution in [3.05, 3.63) is 29.3 Å². The van der Waals surface area contributed by atoms with Crippen LogP contribution in [0.4, 0.5) is 0 Å². The molecule has 1 fully saturated rings. The molecule has 2 N–H and O–H groups in total. The van der Waals surface area contributed by atoms with Gasteiger partial charge in [-0.25, -0.2) is 0 Å². The van der Waals surface area contributed by atoms with Crippen LogP contribution in [0.15, 0.2) is 18.2 Å². The van der Waals surface area contributed by atoms with Crippen LogP contribution in [0.1, 0.15) is 11.1 Å². The van der Waals surface area contributed by atoms with E-state index in [1.54, 1.807) is 0 Å². The third-order valence-corrected chi connectivity index (χ3v) is 4.44. The van der Waals surface area contributed by atoms with Crippen LogP contribution >= 0.6 is 12.2 Å². The number of thiocarbonyl (C=S) groups is 1. The second kappa shape index (κ2) is 6.73. The van der Waals surface area contributed by atoms with Crippen LogP contribution in [0, 0.1) is 0 Å². The van der Waals surface area contributed by atoms with Gasteiger partial charge in [0, 0.05) is 45.7 Å². The molecule has 1 aromatic rings. The number of piperazine rings is 1. The van der Waals surface area contributed by atoms with Gasteiger partial charge in [-0.2, -0.15) is 0 Å². The molecule has 1 saturated heterocycles. The zero-order chi connectivity index (χ0) is 14.7. The number of nitrogens with zero attached hydrogens (tertiary/aromatic N) is 2. The van der Waals surface area contributed by atoms with Crippen molar-refractivity contribution < 1.29 is 4.74 Å². The van der Waals surface area contributed by atoms with Crippen molar-refractivity contribution >= 4 is 17.2 Å². The molecule has 0 amide bonds. The highest BCUT2D eigenvalue weighted by atomic mass is 32.1. The van der Waals surface area contributed by atoms with Crippen molar-refractivity contribution in [1.29, 1.82) is 0 Å². The highest BCUT2D eigenvalue weighted by Gasteiger charge is 2.17. The highest BCUT2D eigenvalue weighted by molar-refractivity contribution is 7.80.